The van der Waals surface area contributed by atoms with Crippen LogP contribution in [0.2, 0.25) is 0 Å². The van der Waals surface area contributed by atoms with Crippen LogP contribution in [0, 0.1) is 0 Å². The van der Waals surface area contributed by atoms with Crippen LogP contribution in [0.3, 0.4) is 0 Å². The van der Waals surface area contributed by atoms with Gasteiger partial charge in [0.05, 0.1) is 19.8 Å². The Kier molecular flexibility index (Phi) is 6.60. The molecule has 1 aromatic rings. The van der Waals surface area contributed by atoms with Crippen molar-refractivity contribution in [2.45, 2.75) is 45.8 Å². The van der Waals surface area contributed by atoms with E-state index in [-0.39, 0.29) is 6.03 Å². The summed E-state index contributed by atoms with van der Waals surface area (Å²) >= 11 is 1.65. The maximum atomic E-state index is 11.9. The lowest BCUT2D eigenvalue weighted by atomic mass is 10.2. The molecule has 0 bridgehead atoms. The van der Waals surface area contributed by atoms with E-state index in [1.54, 1.807) is 11.3 Å². The first-order valence-corrected chi connectivity index (χ1v) is 8.70. The maximum Gasteiger partial charge on any atom is 0.315 e. The normalized spacial score (nSPS) is 20.6. The molecule has 1 aliphatic rings. The molecule has 6 nitrogen and oxygen atoms in total. The van der Waals surface area contributed by atoms with Crippen LogP contribution < -0.4 is 10.6 Å². The van der Waals surface area contributed by atoms with E-state index in [4.69, 9.17) is 4.74 Å². The number of hydrogen-bond donors (Lipinski definition) is 2. The van der Waals surface area contributed by atoms with Crippen LogP contribution in [0.5, 0.6) is 0 Å². The molecular formula is C15H26N4O2S. The lowest BCUT2D eigenvalue weighted by Crippen LogP contribution is -2.52. The van der Waals surface area contributed by atoms with Gasteiger partial charge in [0, 0.05) is 36.2 Å². The van der Waals surface area contributed by atoms with Crippen molar-refractivity contribution < 1.29 is 9.53 Å². The second-order valence-corrected chi connectivity index (χ2v) is 6.85. The van der Waals surface area contributed by atoms with Gasteiger partial charge in [-0.05, 0) is 20.3 Å². The van der Waals surface area contributed by atoms with Crippen LogP contribution in [0.15, 0.2) is 6.20 Å². The van der Waals surface area contributed by atoms with Crippen molar-refractivity contribution in [2.75, 3.05) is 26.3 Å². The third-order valence-corrected chi connectivity index (χ3v) is 5.03. The fraction of sp³-hybridized carbons (Fsp3) is 0.733. The molecule has 7 heteroatoms. The van der Waals surface area contributed by atoms with E-state index in [0.29, 0.717) is 25.2 Å². The van der Waals surface area contributed by atoms with Crippen molar-refractivity contribution in [1.29, 1.82) is 0 Å². The average Bonchev–Trinajstić information content (AvgIpc) is 2.99. The van der Waals surface area contributed by atoms with Crippen molar-refractivity contribution in [3.8, 4) is 0 Å². The zero-order valence-electron chi connectivity index (χ0n) is 13.6. The highest BCUT2D eigenvalue weighted by molar-refractivity contribution is 7.11. The molecule has 1 fully saturated rings. The fourth-order valence-corrected chi connectivity index (χ4v) is 3.37. The van der Waals surface area contributed by atoms with E-state index >= 15 is 0 Å². The Morgan fingerprint density at radius 1 is 1.59 bits per heavy atom. The standard InChI is InChI=1S/C15H26N4O2S/c1-4-13-8-16-14(22-13)9-18-15(20)17-7-11(2)19-5-6-21-10-12(19)3/h8,11-12H,4-7,9-10H2,1-3H3,(H2,17,18,20)/t11-,12+/m1/s1. The number of ether oxygens (including phenoxy) is 1. The number of carbonyl (C=O) groups excluding carboxylic acids is 1. The number of urea groups is 1. The first kappa shape index (κ1) is 17.2. The molecule has 0 aliphatic carbocycles. The summed E-state index contributed by atoms with van der Waals surface area (Å²) in [4.78, 5) is 19.8. The molecule has 2 heterocycles. The monoisotopic (exact) mass is 326 g/mol. The quantitative estimate of drug-likeness (QED) is 0.833. The number of nitrogens with one attached hydrogen (secondary N) is 2. The van der Waals surface area contributed by atoms with Gasteiger partial charge in [-0.3, -0.25) is 4.90 Å². The summed E-state index contributed by atoms with van der Waals surface area (Å²) in [5, 5.41) is 6.74. The first-order chi connectivity index (χ1) is 10.6. The smallest absolute Gasteiger partial charge is 0.315 e. The number of rotatable bonds is 6. The molecule has 0 unspecified atom stereocenters. The molecule has 1 aliphatic heterocycles. The summed E-state index contributed by atoms with van der Waals surface area (Å²) in [7, 11) is 0. The molecular weight excluding hydrogens is 300 g/mol. The van der Waals surface area contributed by atoms with E-state index in [0.717, 1.165) is 31.2 Å². The third kappa shape index (κ3) is 4.93. The summed E-state index contributed by atoms with van der Waals surface area (Å²) in [6.45, 7) is 9.97. The van der Waals surface area contributed by atoms with E-state index in [2.05, 4.69) is 41.3 Å². The van der Waals surface area contributed by atoms with Crippen LogP contribution in [-0.4, -0.2) is 54.3 Å². The number of amides is 2. The Hall–Kier alpha value is -1.18. The lowest BCUT2D eigenvalue weighted by molar-refractivity contribution is -0.0176. The minimum Gasteiger partial charge on any atom is -0.379 e. The second-order valence-electron chi connectivity index (χ2n) is 5.65. The topological polar surface area (TPSA) is 66.5 Å². The molecule has 0 radical (unpaired) electrons. The Morgan fingerprint density at radius 3 is 3.09 bits per heavy atom. The minimum absolute atomic E-state index is 0.138. The van der Waals surface area contributed by atoms with E-state index in [9.17, 15) is 4.79 Å². The van der Waals surface area contributed by atoms with E-state index < -0.39 is 0 Å². The molecule has 22 heavy (non-hydrogen) atoms. The summed E-state index contributed by atoms with van der Waals surface area (Å²) in [5.41, 5.74) is 0. The van der Waals surface area contributed by atoms with Crippen molar-refractivity contribution in [1.82, 2.24) is 20.5 Å². The maximum absolute atomic E-state index is 11.9. The van der Waals surface area contributed by atoms with Gasteiger partial charge in [0.15, 0.2) is 0 Å². The zero-order valence-corrected chi connectivity index (χ0v) is 14.4. The van der Waals surface area contributed by atoms with E-state index in [1.807, 2.05) is 6.20 Å². The highest BCUT2D eigenvalue weighted by Gasteiger charge is 2.23. The van der Waals surface area contributed by atoms with Crippen molar-refractivity contribution in [2.24, 2.45) is 0 Å². The number of morpholine rings is 1. The number of aryl methyl sites for hydroxylation is 1. The summed E-state index contributed by atoms with van der Waals surface area (Å²) in [6, 6.07) is 0.564. The molecule has 1 aromatic heterocycles. The highest BCUT2D eigenvalue weighted by atomic mass is 32.1. The predicted octanol–water partition coefficient (Wildman–Crippen LogP) is 1.61. The van der Waals surface area contributed by atoms with E-state index in [1.165, 1.54) is 4.88 Å². The van der Waals surface area contributed by atoms with Crippen molar-refractivity contribution >= 4 is 17.4 Å². The number of thiazole rings is 1. The van der Waals surface area contributed by atoms with Crippen LogP contribution in [0.4, 0.5) is 4.79 Å². The molecule has 0 saturated carbocycles. The summed E-state index contributed by atoms with van der Waals surface area (Å²) < 4.78 is 5.44. The number of carbonyl (C=O) groups is 1. The largest absolute Gasteiger partial charge is 0.379 e. The predicted molar refractivity (Wildman–Crippen MR) is 88.2 cm³/mol. The summed E-state index contributed by atoms with van der Waals surface area (Å²) in [5.74, 6) is 0. The van der Waals surface area contributed by atoms with Crippen molar-refractivity contribution in [3.63, 3.8) is 0 Å². The lowest BCUT2D eigenvalue weighted by Gasteiger charge is -2.37. The average molecular weight is 326 g/mol. The zero-order chi connectivity index (χ0) is 15.9. The van der Waals surface area contributed by atoms with Crippen LogP contribution in [-0.2, 0) is 17.7 Å². The Labute approximate surface area is 136 Å². The van der Waals surface area contributed by atoms with Gasteiger partial charge in [-0.2, -0.15) is 0 Å². The Bertz CT molecular complexity index is 480. The molecule has 0 spiro atoms. The van der Waals surface area contributed by atoms with Gasteiger partial charge < -0.3 is 15.4 Å². The van der Waals surface area contributed by atoms with Crippen LogP contribution in [0.1, 0.15) is 30.7 Å². The molecule has 1 saturated heterocycles. The second kappa shape index (κ2) is 8.45. The molecule has 2 rings (SSSR count). The molecule has 0 aromatic carbocycles. The minimum atomic E-state index is -0.138. The Balaban J connectivity index is 1.68. The molecule has 124 valence electrons. The number of nitrogens with zero attached hydrogens (tertiary/aromatic N) is 2. The van der Waals surface area contributed by atoms with Crippen molar-refractivity contribution in [3.05, 3.63) is 16.1 Å². The van der Waals surface area contributed by atoms with Gasteiger partial charge in [-0.1, -0.05) is 6.92 Å². The van der Waals surface area contributed by atoms with Gasteiger partial charge in [0.25, 0.3) is 0 Å². The number of aromatic nitrogens is 1. The van der Waals surface area contributed by atoms with Gasteiger partial charge in [-0.25, -0.2) is 9.78 Å². The van der Waals surface area contributed by atoms with Crippen LogP contribution >= 0.6 is 11.3 Å². The molecule has 2 atom stereocenters. The van der Waals surface area contributed by atoms with Gasteiger partial charge in [0.2, 0.25) is 0 Å². The number of hydrogen-bond acceptors (Lipinski definition) is 5. The molecule has 2 amide bonds. The van der Waals surface area contributed by atoms with Gasteiger partial charge in [0.1, 0.15) is 5.01 Å². The summed E-state index contributed by atoms with van der Waals surface area (Å²) in [6.07, 6.45) is 2.86. The van der Waals surface area contributed by atoms with Gasteiger partial charge >= 0.3 is 6.03 Å². The molecule has 2 N–H and O–H groups in total. The van der Waals surface area contributed by atoms with Crippen LogP contribution in [0.25, 0.3) is 0 Å². The fourth-order valence-electron chi connectivity index (χ4n) is 2.56. The highest BCUT2D eigenvalue weighted by Crippen LogP contribution is 2.13. The Morgan fingerprint density at radius 2 is 2.41 bits per heavy atom. The SMILES string of the molecule is CCc1cnc(CNC(=O)NC[C@@H](C)N2CCOC[C@@H]2C)s1. The third-order valence-electron chi connectivity index (χ3n) is 3.89. The first-order valence-electron chi connectivity index (χ1n) is 7.89. The van der Waals surface area contributed by atoms with Gasteiger partial charge in [-0.15, -0.1) is 11.3 Å².